The summed E-state index contributed by atoms with van der Waals surface area (Å²) in [6.45, 7) is 7.74. The van der Waals surface area contributed by atoms with Crippen LogP contribution >= 0.6 is 0 Å². The lowest BCUT2D eigenvalue weighted by atomic mass is 9.79. The molecule has 0 N–H and O–H groups in total. The van der Waals surface area contributed by atoms with Gasteiger partial charge in [0.1, 0.15) is 0 Å². The largest absolute Gasteiger partial charge is 0.336 e. The van der Waals surface area contributed by atoms with E-state index in [4.69, 9.17) is 0 Å². The summed E-state index contributed by atoms with van der Waals surface area (Å²) in [6, 6.07) is 11.6. The molecular weight excluding hydrogens is 334 g/mol. The standard InChI is InChI=1S/C23H29N3O/c1-15(2)20-11-19-14-25(13-18-8-9-21(27)26(20)23(18)19)12-17-6-3-5-16-7-4-10-24-22(16)17/h3-7,10,15,18-20,23H,8-9,11-14H2,1-2H3/t18-,19?,20-,23?/m1/s1. The number of para-hydroxylation sites is 1. The highest BCUT2D eigenvalue weighted by Gasteiger charge is 2.52. The summed E-state index contributed by atoms with van der Waals surface area (Å²) < 4.78 is 0. The van der Waals surface area contributed by atoms with E-state index in [0.29, 0.717) is 35.7 Å². The summed E-state index contributed by atoms with van der Waals surface area (Å²) in [4.78, 5) is 22.2. The first-order valence-corrected chi connectivity index (χ1v) is 10.5. The van der Waals surface area contributed by atoms with E-state index in [2.05, 4.69) is 52.9 Å². The Kier molecular flexibility index (Phi) is 4.19. The van der Waals surface area contributed by atoms with Crippen LogP contribution in [0.2, 0.25) is 0 Å². The molecule has 1 aromatic carbocycles. The summed E-state index contributed by atoms with van der Waals surface area (Å²) in [5, 5.41) is 1.22. The van der Waals surface area contributed by atoms with Gasteiger partial charge in [0.25, 0.3) is 0 Å². The average molecular weight is 364 g/mol. The third kappa shape index (κ3) is 2.85. The van der Waals surface area contributed by atoms with Gasteiger partial charge in [0.2, 0.25) is 5.91 Å². The number of likely N-dealkylation sites (tertiary alicyclic amines) is 1. The number of nitrogens with zero attached hydrogens (tertiary/aromatic N) is 3. The molecule has 5 rings (SSSR count). The lowest BCUT2D eigenvalue weighted by Gasteiger charge is -2.47. The summed E-state index contributed by atoms with van der Waals surface area (Å²) in [6.07, 6.45) is 4.87. The van der Waals surface area contributed by atoms with Crippen molar-refractivity contribution in [2.75, 3.05) is 13.1 Å². The Morgan fingerprint density at radius 1 is 1.15 bits per heavy atom. The fourth-order valence-electron chi connectivity index (χ4n) is 5.96. The molecule has 2 unspecified atom stereocenters. The third-order valence-corrected chi connectivity index (χ3v) is 7.07. The van der Waals surface area contributed by atoms with Crippen molar-refractivity contribution >= 4 is 16.8 Å². The summed E-state index contributed by atoms with van der Waals surface area (Å²) in [5.74, 6) is 2.22. The lowest BCUT2D eigenvalue weighted by molar-refractivity contribution is -0.142. The van der Waals surface area contributed by atoms with Crippen molar-refractivity contribution in [3.63, 3.8) is 0 Å². The van der Waals surface area contributed by atoms with Crippen LogP contribution in [0.15, 0.2) is 36.5 Å². The molecule has 0 spiro atoms. The van der Waals surface area contributed by atoms with Crippen molar-refractivity contribution in [1.29, 1.82) is 0 Å². The smallest absolute Gasteiger partial charge is 0.223 e. The topological polar surface area (TPSA) is 36.4 Å². The first kappa shape index (κ1) is 17.2. The molecule has 0 radical (unpaired) electrons. The fourth-order valence-corrected chi connectivity index (χ4v) is 5.96. The van der Waals surface area contributed by atoms with Crippen LogP contribution in [0.1, 0.15) is 38.7 Å². The second-order valence-corrected chi connectivity index (χ2v) is 9.08. The van der Waals surface area contributed by atoms with Crippen molar-refractivity contribution in [3.05, 3.63) is 42.1 Å². The minimum atomic E-state index is 0.407. The number of hydrogen-bond acceptors (Lipinski definition) is 3. The predicted molar refractivity (Wildman–Crippen MR) is 107 cm³/mol. The van der Waals surface area contributed by atoms with Gasteiger partial charge >= 0.3 is 0 Å². The molecule has 0 bridgehead atoms. The van der Waals surface area contributed by atoms with Crippen LogP contribution in [-0.4, -0.2) is 45.9 Å². The normalized spacial score (nSPS) is 30.9. The van der Waals surface area contributed by atoms with Crippen LogP contribution < -0.4 is 0 Å². The highest BCUT2D eigenvalue weighted by Crippen LogP contribution is 2.45. The molecule has 3 aliphatic rings. The number of fused-ring (bicyclic) bond motifs is 1. The molecule has 27 heavy (non-hydrogen) atoms. The lowest BCUT2D eigenvalue weighted by Crippen LogP contribution is -2.57. The van der Waals surface area contributed by atoms with Gasteiger partial charge in [-0.25, -0.2) is 0 Å². The number of pyridine rings is 1. The number of amides is 1. The van der Waals surface area contributed by atoms with E-state index in [1.54, 1.807) is 0 Å². The van der Waals surface area contributed by atoms with Gasteiger partial charge in [0.05, 0.1) is 5.52 Å². The van der Waals surface area contributed by atoms with Gasteiger partial charge in [-0.05, 0) is 42.2 Å². The maximum atomic E-state index is 12.6. The molecular formula is C23H29N3O. The van der Waals surface area contributed by atoms with E-state index in [1.807, 2.05) is 12.3 Å². The number of rotatable bonds is 3. The Hall–Kier alpha value is -1.94. The fraction of sp³-hybridized carbons (Fsp3) is 0.565. The highest BCUT2D eigenvalue weighted by molar-refractivity contribution is 5.81. The average Bonchev–Trinajstić information content (AvgIpc) is 3.06. The molecule has 3 aliphatic heterocycles. The van der Waals surface area contributed by atoms with E-state index < -0.39 is 0 Å². The first-order chi connectivity index (χ1) is 13.1. The predicted octanol–water partition coefficient (Wildman–Crippen LogP) is 3.70. The molecule has 1 amide bonds. The monoisotopic (exact) mass is 363 g/mol. The van der Waals surface area contributed by atoms with E-state index >= 15 is 0 Å². The van der Waals surface area contributed by atoms with Crippen molar-refractivity contribution < 1.29 is 4.79 Å². The zero-order chi connectivity index (χ0) is 18.5. The van der Waals surface area contributed by atoms with Gasteiger partial charge < -0.3 is 4.90 Å². The summed E-state index contributed by atoms with van der Waals surface area (Å²) in [7, 11) is 0. The van der Waals surface area contributed by atoms with Crippen LogP contribution in [0.3, 0.4) is 0 Å². The Labute approximate surface area is 161 Å². The van der Waals surface area contributed by atoms with Crippen molar-refractivity contribution in [2.45, 2.75) is 51.7 Å². The molecule has 142 valence electrons. The number of carbonyl (C=O) groups is 1. The van der Waals surface area contributed by atoms with E-state index in [-0.39, 0.29) is 0 Å². The zero-order valence-corrected chi connectivity index (χ0v) is 16.3. The molecule has 0 saturated carbocycles. The van der Waals surface area contributed by atoms with Gasteiger partial charge in [0, 0.05) is 49.7 Å². The number of benzene rings is 1. The number of piperidine rings is 2. The molecule has 4 heteroatoms. The first-order valence-electron chi connectivity index (χ1n) is 10.5. The molecule has 4 nitrogen and oxygen atoms in total. The van der Waals surface area contributed by atoms with Crippen molar-refractivity contribution in [1.82, 2.24) is 14.8 Å². The molecule has 4 heterocycles. The van der Waals surface area contributed by atoms with Crippen molar-refractivity contribution in [3.8, 4) is 0 Å². The third-order valence-electron chi connectivity index (χ3n) is 7.07. The Morgan fingerprint density at radius 3 is 2.81 bits per heavy atom. The SMILES string of the molecule is CC(C)[C@H]1CC2CN(Cc3cccc4cccnc34)C[C@H]3CCC(=O)N1C23. The van der Waals surface area contributed by atoms with Gasteiger partial charge in [-0.3, -0.25) is 14.7 Å². The molecule has 2 aromatic rings. The summed E-state index contributed by atoms with van der Waals surface area (Å²) in [5.41, 5.74) is 2.46. The van der Waals surface area contributed by atoms with Crippen LogP contribution in [0.4, 0.5) is 0 Å². The van der Waals surface area contributed by atoms with Gasteiger partial charge in [-0.2, -0.15) is 0 Å². The minimum absolute atomic E-state index is 0.407. The van der Waals surface area contributed by atoms with Gasteiger partial charge in [-0.1, -0.05) is 38.1 Å². The second kappa shape index (κ2) is 6.59. The van der Waals surface area contributed by atoms with Gasteiger partial charge in [0.15, 0.2) is 0 Å². The van der Waals surface area contributed by atoms with Gasteiger partial charge in [-0.15, -0.1) is 0 Å². The Bertz CT molecular complexity index is 858. The second-order valence-electron chi connectivity index (χ2n) is 9.08. The maximum Gasteiger partial charge on any atom is 0.223 e. The van der Waals surface area contributed by atoms with E-state index in [0.717, 1.165) is 38.0 Å². The maximum absolute atomic E-state index is 12.6. The number of carbonyl (C=O) groups excluding carboxylic acids is 1. The number of aromatic nitrogens is 1. The zero-order valence-electron chi connectivity index (χ0n) is 16.3. The molecule has 0 aliphatic carbocycles. The highest BCUT2D eigenvalue weighted by atomic mass is 16.2. The minimum Gasteiger partial charge on any atom is -0.336 e. The van der Waals surface area contributed by atoms with E-state index in [1.165, 1.54) is 17.4 Å². The number of hydrogen-bond donors (Lipinski definition) is 0. The summed E-state index contributed by atoms with van der Waals surface area (Å²) >= 11 is 0. The molecule has 3 fully saturated rings. The quantitative estimate of drug-likeness (QED) is 0.834. The van der Waals surface area contributed by atoms with Crippen LogP contribution in [-0.2, 0) is 11.3 Å². The van der Waals surface area contributed by atoms with Crippen LogP contribution in [0.25, 0.3) is 10.9 Å². The molecule has 3 saturated heterocycles. The van der Waals surface area contributed by atoms with E-state index in [9.17, 15) is 4.79 Å². The molecule has 1 aromatic heterocycles. The van der Waals surface area contributed by atoms with Crippen LogP contribution in [0.5, 0.6) is 0 Å². The Balaban J connectivity index is 1.40. The molecule has 4 atom stereocenters. The Morgan fingerprint density at radius 2 is 1.96 bits per heavy atom. The van der Waals surface area contributed by atoms with Crippen molar-refractivity contribution in [2.24, 2.45) is 17.8 Å². The van der Waals surface area contributed by atoms with Crippen LogP contribution in [0, 0.1) is 17.8 Å².